The van der Waals surface area contributed by atoms with Crippen molar-refractivity contribution in [3.8, 4) is 0 Å². The Morgan fingerprint density at radius 1 is 1.43 bits per heavy atom. The minimum absolute atomic E-state index is 0.348. The predicted octanol–water partition coefficient (Wildman–Crippen LogP) is 3.38. The molecule has 2 heteroatoms. The van der Waals surface area contributed by atoms with E-state index in [0.717, 1.165) is 17.9 Å². The van der Waals surface area contributed by atoms with Crippen LogP contribution in [-0.2, 0) is 0 Å². The van der Waals surface area contributed by atoms with Gasteiger partial charge in [-0.15, -0.1) is 0 Å². The molecular formula is C12H21NO. The predicted molar refractivity (Wildman–Crippen MR) is 59.6 cm³/mol. The van der Waals surface area contributed by atoms with E-state index in [-0.39, 0.29) is 0 Å². The Kier molecular flexibility index (Phi) is 3.76. The van der Waals surface area contributed by atoms with Gasteiger partial charge in [-0.25, -0.2) is 0 Å². The third kappa shape index (κ3) is 2.18. The van der Waals surface area contributed by atoms with E-state index < -0.39 is 0 Å². The van der Waals surface area contributed by atoms with Crippen LogP contribution in [0.4, 0.5) is 0 Å². The van der Waals surface area contributed by atoms with Gasteiger partial charge in [0.05, 0.1) is 6.04 Å². The molecule has 0 spiro atoms. The summed E-state index contributed by atoms with van der Waals surface area (Å²) in [4.78, 5) is 0. The Balaban J connectivity index is 2.95. The fourth-order valence-electron chi connectivity index (χ4n) is 1.81. The third-order valence-corrected chi connectivity index (χ3v) is 2.70. The second-order valence-corrected chi connectivity index (χ2v) is 4.06. The molecule has 0 bridgehead atoms. The quantitative estimate of drug-likeness (QED) is 0.796. The van der Waals surface area contributed by atoms with Crippen molar-refractivity contribution in [3.05, 3.63) is 23.2 Å². The molecule has 0 unspecified atom stereocenters. The maximum absolute atomic E-state index is 5.76. The van der Waals surface area contributed by atoms with Crippen molar-refractivity contribution in [1.29, 1.82) is 0 Å². The smallest absolute Gasteiger partial charge is 0.121 e. The number of rotatable bonds is 4. The molecule has 1 atom stereocenters. The van der Waals surface area contributed by atoms with E-state index in [1.165, 1.54) is 5.56 Å². The molecule has 0 aliphatic rings. The van der Waals surface area contributed by atoms with Gasteiger partial charge in [0, 0.05) is 0 Å². The minimum atomic E-state index is 0.348. The van der Waals surface area contributed by atoms with Gasteiger partial charge in [0.2, 0.25) is 0 Å². The lowest BCUT2D eigenvalue weighted by molar-refractivity contribution is 0.408. The Labute approximate surface area is 86.7 Å². The molecule has 0 saturated heterocycles. The highest BCUT2D eigenvalue weighted by molar-refractivity contribution is 5.25. The van der Waals surface area contributed by atoms with Crippen LogP contribution in [0.3, 0.4) is 0 Å². The van der Waals surface area contributed by atoms with E-state index in [4.69, 9.17) is 4.42 Å². The maximum atomic E-state index is 5.76. The van der Waals surface area contributed by atoms with E-state index in [2.05, 4.69) is 32.2 Å². The largest absolute Gasteiger partial charge is 0.464 e. The number of hydrogen-bond acceptors (Lipinski definition) is 2. The van der Waals surface area contributed by atoms with E-state index in [1.807, 2.05) is 14.0 Å². The summed E-state index contributed by atoms with van der Waals surface area (Å²) in [6, 6.07) is 2.53. The van der Waals surface area contributed by atoms with Gasteiger partial charge in [0.1, 0.15) is 11.5 Å². The van der Waals surface area contributed by atoms with Crippen molar-refractivity contribution in [3.63, 3.8) is 0 Å². The summed E-state index contributed by atoms with van der Waals surface area (Å²) >= 11 is 0. The highest BCUT2D eigenvalue weighted by Gasteiger charge is 2.15. The van der Waals surface area contributed by atoms with Crippen molar-refractivity contribution in [2.75, 3.05) is 7.05 Å². The molecule has 1 rings (SSSR count). The highest BCUT2D eigenvalue weighted by atomic mass is 16.3. The van der Waals surface area contributed by atoms with Crippen LogP contribution in [0.15, 0.2) is 10.5 Å². The average molecular weight is 195 g/mol. The van der Waals surface area contributed by atoms with Gasteiger partial charge in [-0.2, -0.15) is 0 Å². The molecule has 0 saturated carbocycles. The molecule has 0 aliphatic heterocycles. The van der Waals surface area contributed by atoms with Gasteiger partial charge in [0.15, 0.2) is 0 Å². The van der Waals surface area contributed by atoms with Gasteiger partial charge in [-0.1, -0.05) is 20.8 Å². The summed E-state index contributed by atoms with van der Waals surface area (Å²) in [5.74, 6) is 2.67. The van der Waals surface area contributed by atoms with Crippen LogP contribution in [0, 0.1) is 6.92 Å². The first-order chi connectivity index (χ1) is 6.60. The summed E-state index contributed by atoms with van der Waals surface area (Å²) < 4.78 is 5.76. The number of aryl methyl sites for hydroxylation is 1. The van der Waals surface area contributed by atoms with Gasteiger partial charge in [-0.05, 0) is 37.9 Å². The lowest BCUT2D eigenvalue weighted by Gasteiger charge is -2.09. The van der Waals surface area contributed by atoms with Crippen LogP contribution in [0.25, 0.3) is 0 Å². The molecule has 1 aromatic heterocycles. The van der Waals surface area contributed by atoms with Crippen molar-refractivity contribution in [2.24, 2.45) is 0 Å². The Bertz CT molecular complexity index is 285. The second kappa shape index (κ2) is 4.65. The first kappa shape index (κ1) is 11.3. The molecular weight excluding hydrogens is 174 g/mol. The molecule has 0 aliphatic carbocycles. The van der Waals surface area contributed by atoms with Crippen molar-refractivity contribution in [1.82, 2.24) is 5.32 Å². The molecule has 0 radical (unpaired) electrons. The number of furan rings is 1. The number of nitrogens with one attached hydrogen (secondary N) is 1. The molecule has 1 N–H and O–H groups in total. The topological polar surface area (TPSA) is 25.2 Å². The van der Waals surface area contributed by atoms with Crippen LogP contribution in [0.1, 0.15) is 56.2 Å². The molecule has 1 heterocycles. The molecule has 2 nitrogen and oxygen atoms in total. The first-order valence-corrected chi connectivity index (χ1v) is 5.37. The van der Waals surface area contributed by atoms with Gasteiger partial charge in [-0.3, -0.25) is 0 Å². The zero-order valence-electron chi connectivity index (χ0n) is 9.85. The normalized spacial score (nSPS) is 13.6. The van der Waals surface area contributed by atoms with Crippen LogP contribution in [0.2, 0.25) is 0 Å². The Morgan fingerprint density at radius 3 is 2.43 bits per heavy atom. The minimum Gasteiger partial charge on any atom is -0.464 e. The second-order valence-electron chi connectivity index (χ2n) is 4.06. The average Bonchev–Trinajstić information content (AvgIpc) is 2.50. The SMILES string of the molecule is CC[C@@H](NC)c1cc(C(C)C)c(C)o1. The monoisotopic (exact) mass is 195 g/mol. The Morgan fingerprint density at radius 2 is 2.07 bits per heavy atom. The lowest BCUT2D eigenvalue weighted by Crippen LogP contribution is -2.14. The van der Waals surface area contributed by atoms with Crippen LogP contribution in [-0.4, -0.2) is 7.05 Å². The first-order valence-electron chi connectivity index (χ1n) is 5.37. The summed E-state index contributed by atoms with van der Waals surface area (Å²) in [6.07, 6.45) is 1.06. The molecule has 0 amide bonds. The lowest BCUT2D eigenvalue weighted by atomic mass is 10.0. The number of hydrogen-bond donors (Lipinski definition) is 1. The summed E-state index contributed by atoms with van der Waals surface area (Å²) in [5.41, 5.74) is 1.33. The fourth-order valence-corrected chi connectivity index (χ4v) is 1.81. The summed E-state index contributed by atoms with van der Waals surface area (Å²) in [6.45, 7) is 8.60. The van der Waals surface area contributed by atoms with Gasteiger partial charge in [0.25, 0.3) is 0 Å². The molecule has 80 valence electrons. The zero-order valence-corrected chi connectivity index (χ0v) is 9.85. The third-order valence-electron chi connectivity index (χ3n) is 2.70. The zero-order chi connectivity index (χ0) is 10.7. The standard InChI is InChI=1S/C12H21NO/c1-6-11(13-5)12-7-10(8(2)3)9(4)14-12/h7-8,11,13H,6H2,1-5H3/t11-/m1/s1. The van der Waals surface area contributed by atoms with E-state index >= 15 is 0 Å². The highest BCUT2D eigenvalue weighted by Crippen LogP contribution is 2.27. The maximum Gasteiger partial charge on any atom is 0.121 e. The van der Waals surface area contributed by atoms with E-state index in [0.29, 0.717) is 12.0 Å². The van der Waals surface area contributed by atoms with Crippen LogP contribution >= 0.6 is 0 Å². The van der Waals surface area contributed by atoms with E-state index in [9.17, 15) is 0 Å². The summed E-state index contributed by atoms with van der Waals surface area (Å²) in [5, 5.41) is 3.25. The molecule has 1 aromatic rings. The van der Waals surface area contributed by atoms with Crippen molar-refractivity contribution in [2.45, 2.75) is 46.1 Å². The molecule has 0 aromatic carbocycles. The van der Waals surface area contributed by atoms with Gasteiger partial charge >= 0.3 is 0 Å². The van der Waals surface area contributed by atoms with Crippen LogP contribution in [0.5, 0.6) is 0 Å². The summed E-state index contributed by atoms with van der Waals surface area (Å²) in [7, 11) is 1.97. The van der Waals surface area contributed by atoms with E-state index in [1.54, 1.807) is 0 Å². The van der Waals surface area contributed by atoms with Crippen molar-refractivity contribution < 1.29 is 4.42 Å². The Hall–Kier alpha value is -0.760. The van der Waals surface area contributed by atoms with Crippen molar-refractivity contribution >= 4 is 0 Å². The molecule has 14 heavy (non-hydrogen) atoms. The fraction of sp³-hybridized carbons (Fsp3) is 0.667. The molecule has 0 fully saturated rings. The van der Waals surface area contributed by atoms with Crippen LogP contribution < -0.4 is 5.32 Å². The van der Waals surface area contributed by atoms with Gasteiger partial charge < -0.3 is 9.73 Å².